The van der Waals surface area contributed by atoms with E-state index >= 15 is 0 Å². The van der Waals surface area contributed by atoms with Crippen LogP contribution >= 0.6 is 0 Å². The number of ether oxygens (including phenoxy) is 1. The number of fused-ring (bicyclic) bond motifs is 1. The third kappa shape index (κ3) is 1.86. The molecule has 0 fully saturated rings. The molecule has 0 saturated heterocycles. The summed E-state index contributed by atoms with van der Waals surface area (Å²) in [6, 6.07) is 7.63. The Morgan fingerprint density at radius 3 is 2.83 bits per heavy atom. The van der Waals surface area contributed by atoms with Gasteiger partial charge in [-0.2, -0.15) is 5.26 Å². The Morgan fingerprint density at radius 1 is 1.50 bits per heavy atom. The van der Waals surface area contributed by atoms with Crippen LogP contribution in [0.2, 0.25) is 0 Å². The molecular weight excluding hydrogens is 230 g/mol. The second kappa shape index (κ2) is 4.22. The number of anilines is 2. The molecule has 0 radical (unpaired) electrons. The molecule has 0 aliphatic carbocycles. The van der Waals surface area contributed by atoms with E-state index < -0.39 is 5.54 Å². The molecule has 18 heavy (non-hydrogen) atoms. The lowest BCUT2D eigenvalue weighted by molar-refractivity contribution is -0.122. The molecule has 94 valence electrons. The summed E-state index contributed by atoms with van der Waals surface area (Å²) in [4.78, 5) is 13.5. The molecular formula is C13H15N3O2. The van der Waals surface area contributed by atoms with Gasteiger partial charge in [-0.15, -0.1) is 0 Å². The number of nitriles is 1. The fourth-order valence-corrected chi connectivity index (χ4v) is 1.97. The predicted molar refractivity (Wildman–Crippen MR) is 68.7 cm³/mol. The summed E-state index contributed by atoms with van der Waals surface area (Å²) in [7, 11) is 1.80. The van der Waals surface area contributed by atoms with Crippen LogP contribution in [0.5, 0.6) is 5.75 Å². The van der Waals surface area contributed by atoms with Crippen molar-refractivity contribution in [3.63, 3.8) is 0 Å². The van der Waals surface area contributed by atoms with Crippen LogP contribution in [0.1, 0.15) is 13.8 Å². The van der Waals surface area contributed by atoms with Gasteiger partial charge in [-0.05, 0) is 32.0 Å². The molecule has 0 bridgehead atoms. The minimum absolute atomic E-state index is 0.0307. The monoisotopic (exact) mass is 245 g/mol. The minimum atomic E-state index is -0.901. The molecule has 5 heteroatoms. The maximum absolute atomic E-state index is 12.0. The molecule has 0 aromatic heterocycles. The van der Waals surface area contributed by atoms with E-state index in [0.717, 1.165) is 5.69 Å². The van der Waals surface area contributed by atoms with Crippen molar-refractivity contribution in [3.8, 4) is 11.8 Å². The summed E-state index contributed by atoms with van der Waals surface area (Å²) >= 11 is 0. The summed E-state index contributed by atoms with van der Waals surface area (Å²) in [6.07, 6.45) is 0. The molecule has 1 heterocycles. The Morgan fingerprint density at radius 2 is 2.22 bits per heavy atom. The molecule has 2 rings (SSSR count). The van der Waals surface area contributed by atoms with E-state index in [1.807, 2.05) is 12.1 Å². The quantitative estimate of drug-likeness (QED) is 0.862. The first kappa shape index (κ1) is 12.2. The SMILES string of the molecule is CNc1ccc2c(c1)N(C(C)(C)C#N)C(=O)CO2. The second-order valence-electron chi connectivity index (χ2n) is 4.62. The van der Waals surface area contributed by atoms with Crippen molar-refractivity contribution in [1.29, 1.82) is 5.26 Å². The second-order valence-corrected chi connectivity index (χ2v) is 4.62. The maximum Gasteiger partial charge on any atom is 0.266 e. The van der Waals surface area contributed by atoms with Gasteiger partial charge in [-0.1, -0.05) is 0 Å². The van der Waals surface area contributed by atoms with Crippen molar-refractivity contribution in [2.75, 3.05) is 23.9 Å². The fourth-order valence-electron chi connectivity index (χ4n) is 1.97. The van der Waals surface area contributed by atoms with Gasteiger partial charge in [0, 0.05) is 12.7 Å². The molecule has 1 aromatic carbocycles. The van der Waals surface area contributed by atoms with E-state index in [1.54, 1.807) is 27.0 Å². The van der Waals surface area contributed by atoms with Gasteiger partial charge in [0.1, 0.15) is 11.3 Å². The topological polar surface area (TPSA) is 65.4 Å². The highest BCUT2D eigenvalue weighted by atomic mass is 16.5. The zero-order valence-electron chi connectivity index (χ0n) is 10.7. The number of carbonyl (C=O) groups is 1. The average molecular weight is 245 g/mol. The first-order valence-electron chi connectivity index (χ1n) is 5.68. The number of amides is 1. The van der Waals surface area contributed by atoms with Crippen LogP contribution in [0.4, 0.5) is 11.4 Å². The van der Waals surface area contributed by atoms with Gasteiger partial charge in [-0.25, -0.2) is 0 Å². The molecule has 0 atom stereocenters. The number of benzene rings is 1. The minimum Gasteiger partial charge on any atom is -0.482 e. The summed E-state index contributed by atoms with van der Waals surface area (Å²) in [5.41, 5.74) is 0.595. The highest BCUT2D eigenvalue weighted by Gasteiger charge is 2.37. The van der Waals surface area contributed by atoms with Crippen LogP contribution in [-0.2, 0) is 4.79 Å². The van der Waals surface area contributed by atoms with Crippen LogP contribution in [0.15, 0.2) is 18.2 Å². The molecule has 1 aromatic rings. The number of nitrogens with one attached hydrogen (secondary N) is 1. The Labute approximate surface area is 106 Å². The number of hydrogen-bond donors (Lipinski definition) is 1. The lowest BCUT2D eigenvalue weighted by Gasteiger charge is -2.37. The van der Waals surface area contributed by atoms with Gasteiger partial charge < -0.3 is 10.1 Å². The van der Waals surface area contributed by atoms with Crippen molar-refractivity contribution < 1.29 is 9.53 Å². The third-order valence-electron chi connectivity index (χ3n) is 2.92. The highest BCUT2D eigenvalue weighted by Crippen LogP contribution is 2.38. The van der Waals surface area contributed by atoms with Crippen molar-refractivity contribution in [2.45, 2.75) is 19.4 Å². The van der Waals surface area contributed by atoms with Crippen LogP contribution in [0, 0.1) is 11.3 Å². The Kier molecular flexibility index (Phi) is 2.87. The third-order valence-corrected chi connectivity index (χ3v) is 2.92. The fraction of sp³-hybridized carbons (Fsp3) is 0.385. The number of carbonyl (C=O) groups excluding carboxylic acids is 1. The average Bonchev–Trinajstić information content (AvgIpc) is 2.37. The highest BCUT2D eigenvalue weighted by molar-refractivity contribution is 6.00. The standard InChI is InChI=1S/C13H15N3O2/c1-13(2,8-14)16-10-6-9(15-3)4-5-11(10)18-7-12(16)17/h4-6,15H,7H2,1-3H3. The normalized spacial score (nSPS) is 14.6. The number of rotatable bonds is 2. The van der Waals surface area contributed by atoms with Gasteiger partial charge in [0.05, 0.1) is 11.8 Å². The van der Waals surface area contributed by atoms with Crippen molar-refractivity contribution in [1.82, 2.24) is 0 Å². The zero-order valence-corrected chi connectivity index (χ0v) is 10.7. The van der Waals surface area contributed by atoms with Crippen molar-refractivity contribution in [3.05, 3.63) is 18.2 Å². The van der Waals surface area contributed by atoms with Gasteiger partial charge in [-0.3, -0.25) is 9.69 Å². The molecule has 0 saturated carbocycles. The van der Waals surface area contributed by atoms with Crippen molar-refractivity contribution >= 4 is 17.3 Å². The van der Waals surface area contributed by atoms with Crippen LogP contribution in [-0.4, -0.2) is 25.1 Å². The van der Waals surface area contributed by atoms with Crippen LogP contribution in [0.25, 0.3) is 0 Å². The number of nitrogens with zero attached hydrogens (tertiary/aromatic N) is 2. The molecule has 0 spiro atoms. The maximum atomic E-state index is 12.0. The largest absolute Gasteiger partial charge is 0.482 e. The summed E-state index contributed by atoms with van der Waals surface area (Å²) in [5, 5.41) is 12.2. The molecule has 0 unspecified atom stereocenters. The van der Waals surface area contributed by atoms with E-state index in [9.17, 15) is 10.1 Å². The molecule has 5 nitrogen and oxygen atoms in total. The Hall–Kier alpha value is -2.22. The Bertz CT molecular complexity index is 532. The predicted octanol–water partition coefficient (Wildman–Crippen LogP) is 1.76. The number of hydrogen-bond acceptors (Lipinski definition) is 4. The van der Waals surface area contributed by atoms with Gasteiger partial charge >= 0.3 is 0 Å². The van der Waals surface area contributed by atoms with Gasteiger partial charge in [0.15, 0.2) is 6.61 Å². The first-order chi connectivity index (χ1) is 8.49. The summed E-state index contributed by atoms with van der Waals surface area (Å²) in [5.74, 6) is 0.416. The molecule has 1 amide bonds. The smallest absolute Gasteiger partial charge is 0.266 e. The van der Waals surface area contributed by atoms with Gasteiger partial charge in [0.25, 0.3) is 5.91 Å². The van der Waals surface area contributed by atoms with Crippen LogP contribution in [0.3, 0.4) is 0 Å². The summed E-state index contributed by atoms with van der Waals surface area (Å²) < 4.78 is 5.38. The molecule has 1 aliphatic heterocycles. The van der Waals surface area contributed by atoms with E-state index in [0.29, 0.717) is 11.4 Å². The van der Waals surface area contributed by atoms with E-state index in [4.69, 9.17) is 4.74 Å². The summed E-state index contributed by atoms with van der Waals surface area (Å²) in [6.45, 7) is 3.40. The first-order valence-corrected chi connectivity index (χ1v) is 5.68. The van der Waals surface area contributed by atoms with E-state index in [2.05, 4.69) is 11.4 Å². The molecule has 1 N–H and O–H groups in total. The molecule has 1 aliphatic rings. The van der Waals surface area contributed by atoms with Crippen molar-refractivity contribution in [2.24, 2.45) is 0 Å². The zero-order chi connectivity index (χ0) is 13.3. The lowest BCUT2D eigenvalue weighted by atomic mass is 10.0. The van der Waals surface area contributed by atoms with E-state index in [-0.39, 0.29) is 12.5 Å². The Balaban J connectivity index is 2.56. The van der Waals surface area contributed by atoms with Gasteiger partial charge in [0.2, 0.25) is 0 Å². The van der Waals surface area contributed by atoms with Crippen LogP contribution < -0.4 is 15.0 Å². The van der Waals surface area contributed by atoms with E-state index in [1.165, 1.54) is 4.90 Å². The lowest BCUT2D eigenvalue weighted by Crippen LogP contribution is -2.51.